The first-order chi connectivity index (χ1) is 14.5. The Hall–Kier alpha value is -3.58. The third kappa shape index (κ3) is 6.70. The van der Waals surface area contributed by atoms with Gasteiger partial charge in [-0.25, -0.2) is 21.8 Å². The van der Waals surface area contributed by atoms with Gasteiger partial charge < -0.3 is 32.0 Å². The summed E-state index contributed by atoms with van der Waals surface area (Å²) in [6.07, 6.45) is 0. The molecule has 0 saturated heterocycles. The minimum Gasteiger partial charge on any atom is -0.744 e. The number of nitrogens with zero attached hydrogens (tertiary/aromatic N) is 2. The van der Waals surface area contributed by atoms with Crippen molar-refractivity contribution in [2.75, 3.05) is 10.6 Å². The van der Waals surface area contributed by atoms with E-state index in [-0.39, 0.29) is 33.5 Å². The maximum atomic E-state index is 11.1. The van der Waals surface area contributed by atoms with Gasteiger partial charge in [0.25, 0.3) is 0 Å². The summed E-state index contributed by atoms with van der Waals surface area (Å²) in [5.41, 5.74) is 1.69. The Morgan fingerprint density at radius 3 is 1.64 bits per heavy atom. The summed E-state index contributed by atoms with van der Waals surface area (Å²) in [5, 5.41) is 15.3. The van der Waals surface area contributed by atoms with Crippen LogP contribution >= 0.6 is 0 Å². The minimum absolute atomic E-state index is 0. The Bertz CT molecular complexity index is 1380. The molecule has 1 aromatic heterocycles. The van der Waals surface area contributed by atoms with Crippen LogP contribution in [0.25, 0.3) is 0 Å². The van der Waals surface area contributed by atoms with E-state index in [4.69, 9.17) is 0 Å². The molecule has 0 aliphatic rings. The monoisotopic (exact) mass is 494 g/mol. The molecule has 0 unspecified atom stereocenters. The first-order valence-corrected chi connectivity index (χ1v) is 11.4. The summed E-state index contributed by atoms with van der Waals surface area (Å²) in [6, 6.07) is 13.8. The Morgan fingerprint density at radius 1 is 0.818 bits per heavy atom. The van der Waals surface area contributed by atoms with Gasteiger partial charge in [-0.3, -0.25) is 0 Å². The van der Waals surface area contributed by atoms with E-state index in [1.54, 1.807) is 13.0 Å². The number of aromatic nitrogens is 1. The van der Waals surface area contributed by atoms with Gasteiger partial charge in [-0.15, -0.1) is 0 Å². The maximum Gasteiger partial charge on any atom is 0.151 e. The standard InChI is InChI=1S/C19H16N4O6S2.2H3N/c1-12-10-18(21-13-2-6-15(7-3-13)30(24,25)26)23-19(17(12)11-20)22-14-4-8-16(9-5-14)31(27,28)29;;/h2-10H,1H3,(H2,21,22,23)(H,24,25,26)(H,27,28,29);2*1H3. The SMILES string of the molecule is Cc1cc(Nc2ccc(S(=O)(=O)[O-])cc2)nc(Nc2ccc(S(=O)(=O)[O-])cc2)c1C#N.[NH4+].[NH4+]. The number of aryl methyl sites for hydroxylation is 1. The largest absolute Gasteiger partial charge is 0.744 e. The van der Waals surface area contributed by atoms with Crippen molar-refractivity contribution in [3.05, 3.63) is 65.7 Å². The van der Waals surface area contributed by atoms with Gasteiger partial charge in [-0.1, -0.05) is 0 Å². The number of benzene rings is 2. The van der Waals surface area contributed by atoms with Crippen molar-refractivity contribution in [2.45, 2.75) is 16.7 Å². The van der Waals surface area contributed by atoms with Crippen LogP contribution in [-0.4, -0.2) is 30.9 Å². The molecule has 0 aliphatic heterocycles. The van der Waals surface area contributed by atoms with Crippen LogP contribution in [-0.2, 0) is 20.2 Å². The van der Waals surface area contributed by atoms with Crippen molar-refractivity contribution in [1.82, 2.24) is 17.3 Å². The van der Waals surface area contributed by atoms with E-state index in [1.807, 2.05) is 6.07 Å². The number of nitrogens with one attached hydrogen (secondary N) is 2. The molecule has 12 nitrogen and oxygen atoms in total. The molecule has 3 rings (SSSR count). The van der Waals surface area contributed by atoms with Gasteiger partial charge in [-0.05, 0) is 67.1 Å². The molecule has 3 aromatic rings. The molecule has 0 amide bonds. The molecular formula is C19H22N6O6S2. The molecule has 0 bridgehead atoms. The van der Waals surface area contributed by atoms with Gasteiger partial charge in [0.1, 0.15) is 32.1 Å². The predicted molar refractivity (Wildman–Crippen MR) is 121 cm³/mol. The minimum atomic E-state index is -4.58. The van der Waals surface area contributed by atoms with E-state index >= 15 is 0 Å². The second kappa shape index (κ2) is 10.4. The Kier molecular flexibility index (Phi) is 8.62. The highest BCUT2D eigenvalue weighted by Crippen LogP contribution is 2.26. The topological polar surface area (TPSA) is 248 Å². The quantitative estimate of drug-likeness (QED) is 0.363. The fourth-order valence-corrected chi connectivity index (χ4v) is 3.60. The lowest BCUT2D eigenvalue weighted by molar-refractivity contribution is 0.461. The molecule has 0 fully saturated rings. The fraction of sp³-hybridized carbons (Fsp3) is 0.0526. The average Bonchev–Trinajstić information content (AvgIpc) is 2.67. The van der Waals surface area contributed by atoms with Crippen molar-refractivity contribution < 1.29 is 25.9 Å². The van der Waals surface area contributed by atoms with E-state index in [0.29, 0.717) is 22.8 Å². The molecule has 10 N–H and O–H groups in total. The van der Waals surface area contributed by atoms with Crippen molar-refractivity contribution in [3.8, 4) is 6.07 Å². The number of quaternary nitrogens is 2. The van der Waals surface area contributed by atoms with Crippen molar-refractivity contribution in [3.63, 3.8) is 0 Å². The van der Waals surface area contributed by atoms with Crippen LogP contribution in [0.4, 0.5) is 23.0 Å². The molecule has 0 atom stereocenters. The molecular weight excluding hydrogens is 472 g/mol. The lowest BCUT2D eigenvalue weighted by Gasteiger charge is -2.14. The molecule has 0 saturated carbocycles. The zero-order valence-corrected chi connectivity index (χ0v) is 19.5. The second-order valence-corrected chi connectivity index (χ2v) is 9.13. The van der Waals surface area contributed by atoms with Gasteiger partial charge >= 0.3 is 0 Å². The fourth-order valence-electron chi connectivity index (χ4n) is 2.66. The third-order valence-corrected chi connectivity index (χ3v) is 5.85. The van der Waals surface area contributed by atoms with Gasteiger partial charge in [-0.2, -0.15) is 5.26 Å². The van der Waals surface area contributed by atoms with E-state index < -0.39 is 20.2 Å². The van der Waals surface area contributed by atoms with Gasteiger partial charge in [0.05, 0.1) is 15.4 Å². The number of nitriles is 1. The zero-order chi connectivity index (χ0) is 22.8. The summed E-state index contributed by atoms with van der Waals surface area (Å²) in [6.45, 7) is 1.69. The Labute approximate surface area is 191 Å². The van der Waals surface area contributed by atoms with Crippen molar-refractivity contribution in [1.29, 1.82) is 5.26 Å². The second-order valence-electron chi connectivity index (χ2n) is 6.37. The van der Waals surface area contributed by atoms with E-state index in [0.717, 1.165) is 24.3 Å². The highest BCUT2D eigenvalue weighted by molar-refractivity contribution is 7.86. The average molecular weight is 495 g/mol. The van der Waals surface area contributed by atoms with E-state index in [9.17, 15) is 31.2 Å². The lowest BCUT2D eigenvalue weighted by atomic mass is 10.1. The maximum absolute atomic E-state index is 11.1. The summed E-state index contributed by atoms with van der Waals surface area (Å²) in [7, 11) is -9.14. The van der Waals surface area contributed by atoms with Crippen LogP contribution in [0.2, 0.25) is 0 Å². The molecule has 0 radical (unpaired) electrons. The number of pyridine rings is 1. The molecule has 14 heteroatoms. The van der Waals surface area contributed by atoms with Gasteiger partial charge in [0.15, 0.2) is 5.82 Å². The highest BCUT2D eigenvalue weighted by atomic mass is 32.2. The number of hydrogen-bond donors (Lipinski definition) is 4. The summed E-state index contributed by atoms with van der Waals surface area (Å²) < 4.78 is 66.3. The number of rotatable bonds is 6. The van der Waals surface area contributed by atoms with Gasteiger partial charge in [0.2, 0.25) is 0 Å². The van der Waals surface area contributed by atoms with Crippen LogP contribution in [0.5, 0.6) is 0 Å². The van der Waals surface area contributed by atoms with Crippen LogP contribution < -0.4 is 22.9 Å². The molecule has 176 valence electrons. The number of anilines is 4. The molecule has 2 aromatic carbocycles. The van der Waals surface area contributed by atoms with Crippen LogP contribution in [0.1, 0.15) is 11.1 Å². The van der Waals surface area contributed by atoms with Crippen LogP contribution in [0.15, 0.2) is 64.4 Å². The van der Waals surface area contributed by atoms with Crippen molar-refractivity contribution >= 4 is 43.2 Å². The number of hydrogen-bond acceptors (Lipinski definition) is 10. The molecule has 1 heterocycles. The van der Waals surface area contributed by atoms with Crippen molar-refractivity contribution in [2.24, 2.45) is 0 Å². The summed E-state index contributed by atoms with van der Waals surface area (Å²) in [4.78, 5) is 3.58. The Morgan fingerprint density at radius 2 is 1.24 bits per heavy atom. The smallest absolute Gasteiger partial charge is 0.151 e. The molecule has 33 heavy (non-hydrogen) atoms. The third-order valence-electron chi connectivity index (χ3n) is 4.15. The van der Waals surface area contributed by atoms with Crippen LogP contribution in [0.3, 0.4) is 0 Å². The van der Waals surface area contributed by atoms with E-state index in [1.165, 1.54) is 24.3 Å². The van der Waals surface area contributed by atoms with Gasteiger partial charge in [0, 0.05) is 11.4 Å². The highest BCUT2D eigenvalue weighted by Gasteiger charge is 2.12. The molecule has 0 aliphatic carbocycles. The van der Waals surface area contributed by atoms with E-state index in [2.05, 4.69) is 15.6 Å². The predicted octanol–water partition coefficient (Wildman–Crippen LogP) is 3.31. The zero-order valence-electron chi connectivity index (χ0n) is 17.9. The lowest BCUT2D eigenvalue weighted by Crippen LogP contribution is -2.04. The Balaban J connectivity index is 0.00000272. The first-order valence-electron chi connectivity index (χ1n) is 8.55. The van der Waals surface area contributed by atoms with Crippen LogP contribution in [0, 0.1) is 18.3 Å². The summed E-state index contributed by atoms with van der Waals surface area (Å²) >= 11 is 0. The summed E-state index contributed by atoms with van der Waals surface area (Å²) in [5.74, 6) is 0.511. The first kappa shape index (κ1) is 27.5. The molecule has 0 spiro atoms. The normalized spacial score (nSPS) is 10.8.